The molecule has 9 heteroatoms. The molecule has 35 heavy (non-hydrogen) atoms. The molecule has 0 radical (unpaired) electrons. The van der Waals surface area contributed by atoms with Crippen LogP contribution in [0, 0.1) is 0 Å². The van der Waals surface area contributed by atoms with Crippen LogP contribution in [0.1, 0.15) is 26.3 Å². The largest absolute Gasteiger partial charge is 0.416 e. The third kappa shape index (κ3) is 4.25. The number of carbonyl (C=O) groups is 3. The maximum absolute atomic E-state index is 13.4. The number of fused-ring (bicyclic) bond motifs is 2. The fraction of sp³-hybridized carbons (Fsp3) is 0.192. The molecule has 3 aromatic carbocycles. The van der Waals surface area contributed by atoms with Crippen LogP contribution in [0.3, 0.4) is 0 Å². The molecule has 0 spiro atoms. The highest BCUT2D eigenvalue weighted by Crippen LogP contribution is 2.34. The van der Waals surface area contributed by atoms with Crippen LogP contribution < -0.4 is 5.32 Å². The standard InChI is InChI=1S/C26H20F3N3O3/c27-26(28,29)19-8-4-7-17(13-19)18-9-10-21-20(14-18)25(35)32-12-11-31(15-22(32)23(33)30-21)24(34)16-5-2-1-3-6-16/h1-10,13-14,22H,11-12,15H2,(H,30,33)/t22-/m1/s1. The molecular formula is C26H20F3N3O3. The summed E-state index contributed by atoms with van der Waals surface area (Å²) in [6.45, 7) is 0.453. The Morgan fingerprint density at radius 3 is 2.37 bits per heavy atom. The number of benzene rings is 3. The molecule has 3 amide bonds. The SMILES string of the molecule is O=C1Nc2ccc(-c3cccc(C(F)(F)F)c3)cc2C(=O)N2CCN(C(=O)c3ccccc3)C[C@H]12. The Hall–Kier alpha value is -4.14. The summed E-state index contributed by atoms with van der Waals surface area (Å²) in [4.78, 5) is 42.3. The second kappa shape index (κ2) is 8.57. The highest BCUT2D eigenvalue weighted by Gasteiger charge is 2.40. The lowest BCUT2D eigenvalue weighted by molar-refractivity contribution is -0.137. The summed E-state index contributed by atoms with van der Waals surface area (Å²) in [5.74, 6) is -1.06. The van der Waals surface area contributed by atoms with E-state index >= 15 is 0 Å². The molecule has 6 nitrogen and oxygen atoms in total. The van der Waals surface area contributed by atoms with Crippen molar-refractivity contribution >= 4 is 23.4 Å². The zero-order chi connectivity index (χ0) is 24.7. The van der Waals surface area contributed by atoms with E-state index in [1.807, 2.05) is 0 Å². The average molecular weight is 479 g/mol. The minimum Gasteiger partial charge on any atom is -0.334 e. The van der Waals surface area contributed by atoms with Crippen molar-refractivity contribution in [1.82, 2.24) is 9.80 Å². The second-order valence-electron chi connectivity index (χ2n) is 8.46. The van der Waals surface area contributed by atoms with Crippen LogP contribution in [0.5, 0.6) is 0 Å². The molecule has 1 fully saturated rings. The second-order valence-corrected chi connectivity index (χ2v) is 8.46. The van der Waals surface area contributed by atoms with Gasteiger partial charge in [0.05, 0.1) is 23.4 Å². The smallest absolute Gasteiger partial charge is 0.334 e. The molecule has 1 saturated heterocycles. The Kier molecular flexibility index (Phi) is 5.55. The van der Waals surface area contributed by atoms with Crippen LogP contribution in [0.4, 0.5) is 18.9 Å². The van der Waals surface area contributed by atoms with Crippen molar-refractivity contribution in [3.63, 3.8) is 0 Å². The van der Waals surface area contributed by atoms with E-state index in [-0.39, 0.29) is 36.8 Å². The summed E-state index contributed by atoms with van der Waals surface area (Å²) < 4.78 is 39.5. The van der Waals surface area contributed by atoms with E-state index in [1.54, 1.807) is 41.3 Å². The number of carbonyl (C=O) groups excluding carboxylic acids is 3. The van der Waals surface area contributed by atoms with Gasteiger partial charge >= 0.3 is 6.18 Å². The van der Waals surface area contributed by atoms with E-state index in [9.17, 15) is 27.6 Å². The normalized spacial score (nSPS) is 17.9. The molecule has 0 bridgehead atoms. The molecule has 2 aliphatic heterocycles. The Morgan fingerprint density at radius 2 is 1.63 bits per heavy atom. The molecule has 0 aliphatic carbocycles. The molecule has 3 aromatic rings. The van der Waals surface area contributed by atoms with Crippen LogP contribution in [0.15, 0.2) is 72.8 Å². The van der Waals surface area contributed by atoms with E-state index in [4.69, 9.17) is 0 Å². The maximum atomic E-state index is 13.4. The monoisotopic (exact) mass is 479 g/mol. The molecule has 2 aliphatic rings. The number of alkyl halides is 3. The van der Waals surface area contributed by atoms with Gasteiger partial charge in [-0.15, -0.1) is 0 Å². The summed E-state index contributed by atoms with van der Waals surface area (Å²) >= 11 is 0. The minimum absolute atomic E-state index is 0.0414. The third-order valence-corrected chi connectivity index (χ3v) is 6.28. The number of nitrogens with zero attached hydrogens (tertiary/aromatic N) is 2. The molecule has 5 rings (SSSR count). The first-order chi connectivity index (χ1) is 16.7. The summed E-state index contributed by atoms with van der Waals surface area (Å²) in [5, 5.41) is 2.75. The molecule has 0 saturated carbocycles. The van der Waals surface area contributed by atoms with Crippen molar-refractivity contribution < 1.29 is 27.6 Å². The fourth-order valence-electron chi connectivity index (χ4n) is 4.45. The van der Waals surface area contributed by atoms with Crippen LogP contribution in [0.25, 0.3) is 11.1 Å². The van der Waals surface area contributed by atoms with E-state index in [0.29, 0.717) is 16.7 Å². The van der Waals surface area contributed by atoms with Gasteiger partial charge in [-0.3, -0.25) is 14.4 Å². The number of hydrogen-bond donors (Lipinski definition) is 1. The predicted octanol–water partition coefficient (Wildman–Crippen LogP) is 4.29. The van der Waals surface area contributed by atoms with Gasteiger partial charge in [0.2, 0.25) is 5.91 Å². The van der Waals surface area contributed by atoms with E-state index < -0.39 is 29.6 Å². The van der Waals surface area contributed by atoms with Gasteiger partial charge in [0.1, 0.15) is 6.04 Å². The highest BCUT2D eigenvalue weighted by atomic mass is 19.4. The average Bonchev–Trinajstić information content (AvgIpc) is 2.97. The van der Waals surface area contributed by atoms with Gasteiger partial charge < -0.3 is 15.1 Å². The zero-order valence-corrected chi connectivity index (χ0v) is 18.4. The summed E-state index contributed by atoms with van der Waals surface area (Å²) in [6.07, 6.45) is -4.49. The lowest BCUT2D eigenvalue weighted by Gasteiger charge is -2.39. The van der Waals surface area contributed by atoms with Gasteiger partial charge in [0.25, 0.3) is 11.8 Å². The van der Waals surface area contributed by atoms with Gasteiger partial charge in [-0.25, -0.2) is 0 Å². The minimum atomic E-state index is -4.49. The van der Waals surface area contributed by atoms with Gasteiger partial charge in [-0.05, 0) is 47.5 Å². The number of halogens is 3. The Morgan fingerprint density at radius 1 is 0.886 bits per heavy atom. The van der Waals surface area contributed by atoms with Crippen molar-refractivity contribution in [2.45, 2.75) is 12.2 Å². The number of hydrogen-bond acceptors (Lipinski definition) is 3. The molecule has 1 atom stereocenters. The number of anilines is 1. The molecular weight excluding hydrogens is 459 g/mol. The Labute approximate surface area is 199 Å². The zero-order valence-electron chi connectivity index (χ0n) is 18.4. The third-order valence-electron chi connectivity index (χ3n) is 6.28. The predicted molar refractivity (Wildman–Crippen MR) is 123 cm³/mol. The molecule has 1 N–H and O–H groups in total. The summed E-state index contributed by atoms with van der Waals surface area (Å²) in [6, 6.07) is 17.3. The first-order valence-corrected chi connectivity index (χ1v) is 11.0. The lowest BCUT2D eigenvalue weighted by atomic mass is 9.99. The van der Waals surface area contributed by atoms with Gasteiger partial charge in [-0.2, -0.15) is 13.2 Å². The molecule has 0 aromatic heterocycles. The van der Waals surface area contributed by atoms with Crippen LogP contribution >= 0.6 is 0 Å². The quantitative estimate of drug-likeness (QED) is 0.596. The molecule has 178 valence electrons. The van der Waals surface area contributed by atoms with Crippen LogP contribution in [-0.4, -0.2) is 53.2 Å². The molecule has 0 unspecified atom stereocenters. The van der Waals surface area contributed by atoms with Crippen molar-refractivity contribution in [2.24, 2.45) is 0 Å². The Bertz CT molecular complexity index is 1320. The number of nitrogens with one attached hydrogen (secondary N) is 1. The van der Waals surface area contributed by atoms with Crippen molar-refractivity contribution in [3.05, 3.63) is 89.5 Å². The highest BCUT2D eigenvalue weighted by molar-refractivity contribution is 6.11. The lowest BCUT2D eigenvalue weighted by Crippen LogP contribution is -2.59. The van der Waals surface area contributed by atoms with Crippen LogP contribution in [0.2, 0.25) is 0 Å². The van der Waals surface area contributed by atoms with E-state index in [0.717, 1.165) is 12.1 Å². The number of piperazine rings is 1. The summed E-state index contributed by atoms with van der Waals surface area (Å²) in [7, 11) is 0. The van der Waals surface area contributed by atoms with Crippen molar-refractivity contribution in [1.29, 1.82) is 0 Å². The fourth-order valence-corrected chi connectivity index (χ4v) is 4.45. The van der Waals surface area contributed by atoms with Crippen molar-refractivity contribution in [2.75, 3.05) is 25.0 Å². The topological polar surface area (TPSA) is 69.7 Å². The van der Waals surface area contributed by atoms with Crippen molar-refractivity contribution in [3.8, 4) is 11.1 Å². The van der Waals surface area contributed by atoms with Gasteiger partial charge in [0, 0.05) is 18.7 Å². The van der Waals surface area contributed by atoms with E-state index in [2.05, 4.69) is 5.32 Å². The van der Waals surface area contributed by atoms with Gasteiger partial charge in [-0.1, -0.05) is 36.4 Å². The van der Waals surface area contributed by atoms with E-state index in [1.165, 1.54) is 29.2 Å². The maximum Gasteiger partial charge on any atom is 0.416 e. The first-order valence-electron chi connectivity index (χ1n) is 11.0. The first kappa shape index (κ1) is 22.6. The number of rotatable bonds is 2. The van der Waals surface area contributed by atoms with Gasteiger partial charge in [0.15, 0.2) is 0 Å². The molecule has 2 heterocycles. The van der Waals surface area contributed by atoms with Crippen LogP contribution in [-0.2, 0) is 11.0 Å². The Balaban J connectivity index is 1.43. The summed E-state index contributed by atoms with van der Waals surface area (Å²) in [5.41, 5.74) is 0.915. The number of amides is 3.